The quantitative estimate of drug-likeness (QED) is 0.744. The number of nitrogens with zero attached hydrogens (tertiary/aromatic N) is 3. The van der Waals surface area contributed by atoms with Gasteiger partial charge in [-0.25, -0.2) is 4.98 Å². The van der Waals surface area contributed by atoms with E-state index in [1.807, 2.05) is 32.2 Å². The Labute approximate surface area is 99.4 Å². The maximum Gasteiger partial charge on any atom is 0.129 e. The maximum absolute atomic E-state index is 9.27. The number of hydrogen-bond acceptors (Lipinski definition) is 3. The molecule has 3 rings (SSSR count). The molecule has 17 heavy (non-hydrogen) atoms. The lowest BCUT2D eigenvalue weighted by atomic mass is 9.80. The molecule has 4 heteroatoms. The summed E-state index contributed by atoms with van der Waals surface area (Å²) in [6.45, 7) is 2.95. The first kappa shape index (κ1) is 10.3. The fraction of sp³-hybridized carbons (Fsp3) is 0.385. The van der Waals surface area contributed by atoms with E-state index in [0.29, 0.717) is 13.2 Å². The lowest BCUT2D eigenvalue weighted by Gasteiger charge is -2.35. The highest BCUT2D eigenvalue weighted by molar-refractivity contribution is 5.77. The van der Waals surface area contributed by atoms with Crippen LogP contribution in [0.4, 0.5) is 0 Å². The molecule has 2 aromatic rings. The molecule has 1 aromatic carbocycles. The Bertz CT molecular complexity index is 632. The third-order valence-corrected chi connectivity index (χ3v) is 3.57. The van der Waals surface area contributed by atoms with E-state index in [2.05, 4.69) is 15.6 Å². The van der Waals surface area contributed by atoms with Gasteiger partial charge in [-0.2, -0.15) is 5.26 Å². The molecule has 1 aliphatic heterocycles. The molecule has 1 saturated heterocycles. The maximum atomic E-state index is 9.27. The van der Waals surface area contributed by atoms with Crippen LogP contribution in [0.2, 0.25) is 0 Å². The second kappa shape index (κ2) is 3.31. The smallest absolute Gasteiger partial charge is 0.129 e. The first-order valence-electron chi connectivity index (χ1n) is 5.59. The number of aromatic nitrogens is 2. The zero-order valence-electron chi connectivity index (χ0n) is 9.90. The highest BCUT2D eigenvalue weighted by Gasteiger charge is 2.41. The van der Waals surface area contributed by atoms with Crippen LogP contribution in [0.1, 0.15) is 11.4 Å². The van der Waals surface area contributed by atoms with Crippen molar-refractivity contribution in [3.63, 3.8) is 0 Å². The van der Waals surface area contributed by atoms with Gasteiger partial charge in [0.25, 0.3) is 0 Å². The zero-order chi connectivity index (χ0) is 12.0. The molecule has 0 amide bonds. The Kier molecular flexibility index (Phi) is 2.01. The zero-order valence-corrected chi connectivity index (χ0v) is 9.90. The number of hydrogen-bond donors (Lipinski definition) is 0. The molecule has 0 radical (unpaired) electrons. The summed E-state index contributed by atoms with van der Waals surface area (Å²) in [6.07, 6.45) is 0. The Morgan fingerprint density at radius 3 is 2.82 bits per heavy atom. The molecule has 0 spiro atoms. The Morgan fingerprint density at radius 1 is 1.47 bits per heavy atom. The summed E-state index contributed by atoms with van der Waals surface area (Å²) in [4.78, 5) is 4.49. The normalized spacial score (nSPS) is 17.7. The van der Waals surface area contributed by atoms with E-state index in [-0.39, 0.29) is 0 Å². The first-order chi connectivity index (χ1) is 8.16. The van der Waals surface area contributed by atoms with Crippen LogP contribution in [0.15, 0.2) is 18.2 Å². The van der Waals surface area contributed by atoms with E-state index < -0.39 is 5.41 Å². The molecule has 0 aliphatic carbocycles. The van der Waals surface area contributed by atoms with Crippen LogP contribution < -0.4 is 0 Å². The van der Waals surface area contributed by atoms with Gasteiger partial charge in [0.1, 0.15) is 11.2 Å². The summed E-state index contributed by atoms with van der Waals surface area (Å²) in [5.41, 5.74) is 2.60. The van der Waals surface area contributed by atoms with Gasteiger partial charge in [0, 0.05) is 7.05 Å². The molecular weight excluding hydrogens is 214 g/mol. The molecule has 1 aromatic heterocycles. The minimum atomic E-state index is -0.459. The summed E-state index contributed by atoms with van der Waals surface area (Å²) in [5.74, 6) is 0.980. The average molecular weight is 227 g/mol. The molecule has 0 saturated carbocycles. The lowest BCUT2D eigenvalue weighted by molar-refractivity contribution is -0.0297. The second-order valence-corrected chi connectivity index (χ2v) is 4.61. The van der Waals surface area contributed by atoms with E-state index in [4.69, 9.17) is 4.74 Å². The Hall–Kier alpha value is -1.86. The molecule has 1 aliphatic rings. The van der Waals surface area contributed by atoms with E-state index in [9.17, 15) is 5.26 Å². The number of imidazole rings is 1. The van der Waals surface area contributed by atoms with Crippen LogP contribution in [-0.2, 0) is 17.2 Å². The third kappa shape index (κ3) is 1.29. The van der Waals surface area contributed by atoms with E-state index in [0.717, 1.165) is 22.4 Å². The minimum Gasteiger partial charge on any atom is -0.377 e. The molecule has 2 heterocycles. The minimum absolute atomic E-state index is 0.459. The number of fused-ring (bicyclic) bond motifs is 1. The highest BCUT2D eigenvalue weighted by atomic mass is 16.5. The molecule has 86 valence electrons. The van der Waals surface area contributed by atoms with Gasteiger partial charge in [-0.1, -0.05) is 6.07 Å². The monoisotopic (exact) mass is 227 g/mol. The summed E-state index contributed by atoms with van der Waals surface area (Å²) >= 11 is 0. The van der Waals surface area contributed by atoms with Gasteiger partial charge in [0.2, 0.25) is 0 Å². The molecule has 4 nitrogen and oxygen atoms in total. The predicted octanol–water partition coefficient (Wildman–Crippen LogP) is 1.67. The SMILES string of the molecule is Cc1nc2cc(C3(C#N)COC3)ccc2n1C. The van der Waals surface area contributed by atoms with Crippen molar-refractivity contribution in [1.82, 2.24) is 9.55 Å². The van der Waals surface area contributed by atoms with Gasteiger partial charge in [0.15, 0.2) is 0 Å². The fourth-order valence-corrected chi connectivity index (χ4v) is 2.22. The van der Waals surface area contributed by atoms with Crippen molar-refractivity contribution < 1.29 is 4.74 Å². The molecule has 0 unspecified atom stereocenters. The Balaban J connectivity index is 2.18. The van der Waals surface area contributed by atoms with E-state index in [1.54, 1.807) is 0 Å². The van der Waals surface area contributed by atoms with Gasteiger partial charge >= 0.3 is 0 Å². The van der Waals surface area contributed by atoms with Crippen LogP contribution >= 0.6 is 0 Å². The first-order valence-corrected chi connectivity index (χ1v) is 5.59. The van der Waals surface area contributed by atoms with Crippen molar-refractivity contribution in [2.75, 3.05) is 13.2 Å². The van der Waals surface area contributed by atoms with Crippen LogP contribution in [0.3, 0.4) is 0 Å². The molecule has 0 atom stereocenters. The highest BCUT2D eigenvalue weighted by Crippen LogP contribution is 2.33. The number of benzene rings is 1. The van der Waals surface area contributed by atoms with E-state index >= 15 is 0 Å². The molecule has 0 bridgehead atoms. The number of ether oxygens (including phenoxy) is 1. The van der Waals surface area contributed by atoms with Crippen molar-refractivity contribution >= 4 is 11.0 Å². The van der Waals surface area contributed by atoms with Crippen molar-refractivity contribution in [2.24, 2.45) is 7.05 Å². The standard InChI is InChI=1S/C13H13N3O/c1-9-15-11-5-10(3-4-12(11)16(9)2)13(6-14)7-17-8-13/h3-5H,7-8H2,1-2H3. The second-order valence-electron chi connectivity index (χ2n) is 4.61. The van der Waals surface area contributed by atoms with Crippen LogP contribution in [-0.4, -0.2) is 22.8 Å². The number of rotatable bonds is 1. The topological polar surface area (TPSA) is 50.8 Å². The van der Waals surface area contributed by atoms with Crippen molar-refractivity contribution in [3.05, 3.63) is 29.6 Å². The van der Waals surface area contributed by atoms with Gasteiger partial charge in [-0.3, -0.25) is 0 Å². The van der Waals surface area contributed by atoms with Gasteiger partial charge in [0.05, 0.1) is 30.3 Å². The number of nitriles is 1. The predicted molar refractivity (Wildman–Crippen MR) is 63.6 cm³/mol. The summed E-state index contributed by atoms with van der Waals surface area (Å²) in [6, 6.07) is 8.40. The third-order valence-electron chi connectivity index (χ3n) is 3.57. The van der Waals surface area contributed by atoms with E-state index in [1.165, 1.54) is 0 Å². The van der Waals surface area contributed by atoms with Crippen LogP contribution in [0, 0.1) is 18.3 Å². The van der Waals surface area contributed by atoms with Crippen molar-refractivity contribution in [1.29, 1.82) is 5.26 Å². The largest absolute Gasteiger partial charge is 0.377 e. The van der Waals surface area contributed by atoms with Gasteiger partial charge < -0.3 is 9.30 Å². The molecule has 1 fully saturated rings. The van der Waals surface area contributed by atoms with Gasteiger partial charge in [-0.15, -0.1) is 0 Å². The van der Waals surface area contributed by atoms with Crippen LogP contribution in [0.5, 0.6) is 0 Å². The lowest BCUT2D eigenvalue weighted by Crippen LogP contribution is -2.45. The van der Waals surface area contributed by atoms with Crippen molar-refractivity contribution in [2.45, 2.75) is 12.3 Å². The Morgan fingerprint density at radius 2 is 2.24 bits per heavy atom. The number of aryl methyl sites for hydroxylation is 2. The summed E-state index contributed by atoms with van der Waals surface area (Å²) < 4.78 is 7.23. The molecule has 0 N–H and O–H groups in total. The summed E-state index contributed by atoms with van der Waals surface area (Å²) in [5, 5.41) is 9.27. The average Bonchev–Trinajstić information content (AvgIpc) is 2.54. The summed E-state index contributed by atoms with van der Waals surface area (Å²) in [7, 11) is 2.00. The van der Waals surface area contributed by atoms with Crippen molar-refractivity contribution in [3.8, 4) is 6.07 Å². The van der Waals surface area contributed by atoms with Crippen LogP contribution in [0.25, 0.3) is 11.0 Å². The fourth-order valence-electron chi connectivity index (χ4n) is 2.22. The van der Waals surface area contributed by atoms with Gasteiger partial charge in [-0.05, 0) is 24.6 Å². The molecular formula is C13H13N3O.